The molecule has 0 bridgehead atoms. The summed E-state index contributed by atoms with van der Waals surface area (Å²) in [4.78, 5) is 21.1. The van der Waals surface area contributed by atoms with E-state index in [2.05, 4.69) is 5.10 Å². The van der Waals surface area contributed by atoms with E-state index in [4.69, 9.17) is 16.7 Å². The Bertz CT molecular complexity index is 681. The van der Waals surface area contributed by atoms with Gasteiger partial charge >= 0.3 is 5.97 Å². The molecule has 0 fully saturated rings. The van der Waals surface area contributed by atoms with Gasteiger partial charge in [0.1, 0.15) is 5.02 Å². The highest BCUT2D eigenvalue weighted by molar-refractivity contribution is 6.32. The zero-order chi connectivity index (χ0) is 14.2. The number of hydrogen-bond donors (Lipinski definition) is 1. The second kappa shape index (κ2) is 4.69. The van der Waals surface area contributed by atoms with E-state index in [0.29, 0.717) is 11.3 Å². The lowest BCUT2D eigenvalue weighted by Gasteiger charge is -2.02. The number of carboxylic acids is 1. The standard InChI is InChI=1S/C11H8ClN3O4/c1-6-5-14(13-10(6)11(16)17)7-2-3-8(12)9(4-7)15(18)19/h2-5H,1H3,(H,16,17). The first-order chi connectivity index (χ1) is 8.90. The fourth-order valence-electron chi connectivity index (χ4n) is 1.59. The summed E-state index contributed by atoms with van der Waals surface area (Å²) < 4.78 is 1.27. The molecule has 7 nitrogen and oxygen atoms in total. The highest BCUT2D eigenvalue weighted by Crippen LogP contribution is 2.26. The number of hydrogen-bond acceptors (Lipinski definition) is 4. The molecule has 0 aliphatic carbocycles. The minimum absolute atomic E-state index is 0.0103. The fraction of sp³-hybridized carbons (Fsp3) is 0.0909. The Balaban J connectivity index is 2.53. The van der Waals surface area contributed by atoms with Crippen LogP contribution in [0.3, 0.4) is 0 Å². The molecule has 98 valence electrons. The lowest BCUT2D eigenvalue weighted by atomic mass is 10.2. The van der Waals surface area contributed by atoms with E-state index >= 15 is 0 Å². The summed E-state index contributed by atoms with van der Waals surface area (Å²) in [6, 6.07) is 4.13. The van der Waals surface area contributed by atoms with E-state index in [1.165, 1.54) is 29.1 Å². The van der Waals surface area contributed by atoms with Gasteiger partial charge in [-0.1, -0.05) is 11.6 Å². The molecule has 0 atom stereocenters. The predicted molar refractivity (Wildman–Crippen MR) is 66.9 cm³/mol. The molecule has 1 heterocycles. The SMILES string of the molecule is Cc1cn(-c2ccc(Cl)c([N+](=O)[O-])c2)nc1C(=O)O. The molecular formula is C11H8ClN3O4. The number of carboxylic acid groups (broad SMARTS) is 1. The van der Waals surface area contributed by atoms with Crippen LogP contribution in [-0.2, 0) is 0 Å². The molecule has 1 aromatic heterocycles. The number of rotatable bonds is 3. The molecule has 8 heteroatoms. The molecular weight excluding hydrogens is 274 g/mol. The maximum absolute atomic E-state index is 10.9. The van der Waals surface area contributed by atoms with Gasteiger partial charge in [0.05, 0.1) is 10.6 Å². The lowest BCUT2D eigenvalue weighted by molar-refractivity contribution is -0.384. The van der Waals surface area contributed by atoms with Crippen molar-refractivity contribution < 1.29 is 14.8 Å². The molecule has 2 rings (SSSR count). The van der Waals surface area contributed by atoms with Gasteiger partial charge in [0.25, 0.3) is 5.69 Å². The van der Waals surface area contributed by atoms with Crippen molar-refractivity contribution in [3.05, 3.63) is 50.8 Å². The Hall–Kier alpha value is -2.41. The maximum Gasteiger partial charge on any atom is 0.356 e. The van der Waals surface area contributed by atoms with E-state index in [9.17, 15) is 14.9 Å². The molecule has 0 saturated carbocycles. The fourth-order valence-corrected chi connectivity index (χ4v) is 1.77. The zero-order valence-electron chi connectivity index (χ0n) is 9.70. The average Bonchev–Trinajstić information content (AvgIpc) is 2.71. The van der Waals surface area contributed by atoms with Crippen LogP contribution in [0.1, 0.15) is 16.1 Å². The van der Waals surface area contributed by atoms with Crippen molar-refractivity contribution >= 4 is 23.3 Å². The number of benzene rings is 1. The van der Waals surface area contributed by atoms with Crippen LogP contribution in [-0.4, -0.2) is 25.8 Å². The van der Waals surface area contributed by atoms with E-state index in [-0.39, 0.29) is 16.4 Å². The Morgan fingerprint density at radius 1 is 1.53 bits per heavy atom. The van der Waals surface area contributed by atoms with Crippen molar-refractivity contribution in [2.75, 3.05) is 0 Å². The first kappa shape index (κ1) is 13.0. The van der Waals surface area contributed by atoms with Crippen LogP contribution in [0.5, 0.6) is 0 Å². The normalized spacial score (nSPS) is 10.4. The number of carbonyl (C=O) groups is 1. The number of aryl methyl sites for hydroxylation is 1. The van der Waals surface area contributed by atoms with Gasteiger partial charge in [0.2, 0.25) is 0 Å². The number of nitrogens with zero attached hydrogens (tertiary/aromatic N) is 3. The number of aromatic nitrogens is 2. The van der Waals surface area contributed by atoms with Gasteiger partial charge in [-0.25, -0.2) is 9.48 Å². The van der Waals surface area contributed by atoms with Crippen molar-refractivity contribution in [1.29, 1.82) is 0 Å². The first-order valence-corrected chi connectivity index (χ1v) is 5.52. The number of nitro groups is 1. The smallest absolute Gasteiger partial charge is 0.356 e. The minimum Gasteiger partial charge on any atom is -0.476 e. The summed E-state index contributed by atoms with van der Waals surface area (Å²) >= 11 is 5.70. The topological polar surface area (TPSA) is 98.3 Å². The van der Waals surface area contributed by atoms with E-state index in [1.807, 2.05) is 0 Å². The van der Waals surface area contributed by atoms with Crippen LogP contribution in [0.2, 0.25) is 5.02 Å². The molecule has 0 saturated heterocycles. The number of aromatic carboxylic acids is 1. The molecule has 2 aromatic rings. The van der Waals surface area contributed by atoms with E-state index in [0.717, 1.165) is 0 Å². The zero-order valence-corrected chi connectivity index (χ0v) is 10.5. The maximum atomic E-state index is 10.9. The first-order valence-electron chi connectivity index (χ1n) is 5.14. The summed E-state index contributed by atoms with van der Waals surface area (Å²) in [6.07, 6.45) is 1.48. The quantitative estimate of drug-likeness (QED) is 0.688. The van der Waals surface area contributed by atoms with E-state index < -0.39 is 10.9 Å². The second-order valence-corrected chi connectivity index (χ2v) is 4.21. The molecule has 0 radical (unpaired) electrons. The number of nitro benzene ring substituents is 1. The van der Waals surface area contributed by atoms with Gasteiger partial charge in [0, 0.05) is 17.8 Å². The summed E-state index contributed by atoms with van der Waals surface area (Å²) in [5.41, 5.74) is 0.471. The van der Waals surface area contributed by atoms with Gasteiger partial charge in [-0.3, -0.25) is 10.1 Å². The summed E-state index contributed by atoms with van der Waals surface area (Å²) in [5, 5.41) is 23.6. The van der Waals surface area contributed by atoms with Crippen molar-refractivity contribution in [3.8, 4) is 5.69 Å². The third-order valence-corrected chi connectivity index (χ3v) is 2.81. The molecule has 0 amide bonds. The van der Waals surface area contributed by atoms with Crippen molar-refractivity contribution in [2.24, 2.45) is 0 Å². The Morgan fingerprint density at radius 3 is 2.74 bits per heavy atom. The van der Waals surface area contributed by atoms with Crippen LogP contribution < -0.4 is 0 Å². The van der Waals surface area contributed by atoms with Gasteiger partial charge in [0.15, 0.2) is 5.69 Å². The third-order valence-electron chi connectivity index (χ3n) is 2.49. The van der Waals surface area contributed by atoms with Crippen LogP contribution in [0.15, 0.2) is 24.4 Å². The Labute approximate surface area is 112 Å². The monoisotopic (exact) mass is 281 g/mol. The lowest BCUT2D eigenvalue weighted by Crippen LogP contribution is -2.02. The Morgan fingerprint density at radius 2 is 2.21 bits per heavy atom. The van der Waals surface area contributed by atoms with Crippen molar-refractivity contribution in [3.63, 3.8) is 0 Å². The van der Waals surface area contributed by atoms with E-state index in [1.54, 1.807) is 6.92 Å². The molecule has 1 aromatic carbocycles. The second-order valence-electron chi connectivity index (χ2n) is 3.80. The highest BCUT2D eigenvalue weighted by Gasteiger charge is 2.17. The minimum atomic E-state index is -1.15. The molecule has 0 aliphatic heterocycles. The molecule has 1 N–H and O–H groups in total. The third kappa shape index (κ3) is 2.41. The molecule has 0 spiro atoms. The van der Waals surface area contributed by atoms with Crippen LogP contribution in [0.25, 0.3) is 5.69 Å². The summed E-state index contributed by atoms with van der Waals surface area (Å²) in [7, 11) is 0. The summed E-state index contributed by atoms with van der Waals surface area (Å²) in [6.45, 7) is 1.59. The van der Waals surface area contributed by atoms with Gasteiger partial charge in [-0.15, -0.1) is 0 Å². The van der Waals surface area contributed by atoms with Gasteiger partial charge < -0.3 is 5.11 Å². The molecule has 0 aliphatic rings. The largest absolute Gasteiger partial charge is 0.476 e. The summed E-state index contributed by atoms with van der Waals surface area (Å²) in [5.74, 6) is -1.15. The molecule has 0 unspecified atom stereocenters. The predicted octanol–water partition coefficient (Wildman–Crippen LogP) is 2.44. The van der Waals surface area contributed by atoms with Crippen LogP contribution in [0.4, 0.5) is 5.69 Å². The van der Waals surface area contributed by atoms with Gasteiger partial charge in [-0.2, -0.15) is 5.10 Å². The highest BCUT2D eigenvalue weighted by atomic mass is 35.5. The van der Waals surface area contributed by atoms with Crippen molar-refractivity contribution in [2.45, 2.75) is 6.92 Å². The van der Waals surface area contributed by atoms with Crippen LogP contribution in [0, 0.1) is 17.0 Å². The van der Waals surface area contributed by atoms with Crippen LogP contribution >= 0.6 is 11.6 Å². The average molecular weight is 282 g/mol. The number of halogens is 1. The van der Waals surface area contributed by atoms with Crippen molar-refractivity contribution in [1.82, 2.24) is 9.78 Å². The Kier molecular flexibility index (Phi) is 3.22. The van der Waals surface area contributed by atoms with Gasteiger partial charge in [-0.05, 0) is 19.1 Å². The molecule has 19 heavy (non-hydrogen) atoms.